The zero-order valence-corrected chi connectivity index (χ0v) is 16.2. The van der Waals surface area contributed by atoms with Crippen LogP contribution in [0.5, 0.6) is 0 Å². The molecular weight excluding hydrogens is 314 g/mol. The Labute approximate surface area is 154 Å². The van der Waals surface area contributed by atoms with Crippen LogP contribution in [0.4, 0.5) is 0 Å². The number of rotatable bonds is 13. The van der Waals surface area contributed by atoms with Gasteiger partial charge in [-0.3, -0.25) is 9.59 Å². The monoisotopic (exact) mass is 353 g/mol. The molecular formula is C20H39N3O2. The summed E-state index contributed by atoms with van der Waals surface area (Å²) in [6.45, 7) is 4.34. The fourth-order valence-electron chi connectivity index (χ4n) is 3.48. The van der Waals surface area contributed by atoms with Gasteiger partial charge in [-0.05, 0) is 45.1 Å². The third-order valence-electron chi connectivity index (χ3n) is 5.05. The lowest BCUT2D eigenvalue weighted by atomic mass is 10.00. The first kappa shape index (κ1) is 21.9. The van der Waals surface area contributed by atoms with Crippen LogP contribution < -0.4 is 11.1 Å². The Bertz CT molecular complexity index is 374. The van der Waals surface area contributed by atoms with Crippen LogP contribution in [0, 0.1) is 0 Å². The second-order valence-corrected chi connectivity index (χ2v) is 7.26. The lowest BCUT2D eigenvalue weighted by Crippen LogP contribution is -2.52. The molecule has 0 radical (unpaired) electrons. The minimum absolute atomic E-state index is 0.0312. The lowest BCUT2D eigenvalue weighted by molar-refractivity contribution is -0.142. The molecule has 5 nitrogen and oxygen atoms in total. The minimum atomic E-state index is -0.254. The topological polar surface area (TPSA) is 75.4 Å². The number of amides is 2. The van der Waals surface area contributed by atoms with Gasteiger partial charge in [0, 0.05) is 19.5 Å². The van der Waals surface area contributed by atoms with E-state index in [1.165, 1.54) is 25.7 Å². The first-order chi connectivity index (χ1) is 12.2. The van der Waals surface area contributed by atoms with E-state index in [4.69, 9.17) is 5.73 Å². The summed E-state index contributed by atoms with van der Waals surface area (Å²) in [5, 5.41) is 3.01. The van der Waals surface area contributed by atoms with Crippen molar-refractivity contribution < 1.29 is 9.59 Å². The summed E-state index contributed by atoms with van der Waals surface area (Å²) in [5.74, 6) is 0.196. The molecule has 0 aromatic rings. The number of hydrogen-bond donors (Lipinski definition) is 2. The Morgan fingerprint density at radius 2 is 1.72 bits per heavy atom. The molecule has 146 valence electrons. The molecule has 0 bridgehead atoms. The van der Waals surface area contributed by atoms with Crippen molar-refractivity contribution in [1.29, 1.82) is 0 Å². The van der Waals surface area contributed by atoms with Gasteiger partial charge in [0.2, 0.25) is 11.8 Å². The molecule has 1 saturated heterocycles. The van der Waals surface area contributed by atoms with Crippen LogP contribution in [0.25, 0.3) is 0 Å². The van der Waals surface area contributed by atoms with Crippen LogP contribution in [-0.4, -0.2) is 42.4 Å². The van der Waals surface area contributed by atoms with Crippen molar-refractivity contribution in [3.63, 3.8) is 0 Å². The number of unbranched alkanes of at least 4 members (excludes halogenated alkanes) is 7. The van der Waals surface area contributed by atoms with E-state index in [2.05, 4.69) is 12.2 Å². The summed E-state index contributed by atoms with van der Waals surface area (Å²) in [7, 11) is 0. The first-order valence-electron chi connectivity index (χ1n) is 10.5. The van der Waals surface area contributed by atoms with Gasteiger partial charge in [0.1, 0.15) is 6.04 Å². The second kappa shape index (κ2) is 14.1. The van der Waals surface area contributed by atoms with Gasteiger partial charge in [-0.15, -0.1) is 0 Å². The molecule has 0 saturated carbocycles. The summed E-state index contributed by atoms with van der Waals surface area (Å²) < 4.78 is 0. The van der Waals surface area contributed by atoms with Crippen molar-refractivity contribution >= 4 is 11.8 Å². The minimum Gasteiger partial charge on any atom is -0.354 e. The van der Waals surface area contributed by atoms with Crippen LogP contribution in [0.15, 0.2) is 0 Å². The molecule has 1 fully saturated rings. The first-order valence-corrected chi connectivity index (χ1v) is 10.5. The SMILES string of the molecule is CCCCCCCCC(=O)N1CCCCC1C(=O)NCCCCCN. The molecule has 5 heteroatoms. The number of nitrogens with one attached hydrogen (secondary N) is 1. The van der Waals surface area contributed by atoms with Gasteiger partial charge in [-0.2, -0.15) is 0 Å². The Morgan fingerprint density at radius 3 is 2.48 bits per heavy atom. The van der Waals surface area contributed by atoms with Gasteiger partial charge in [0.05, 0.1) is 0 Å². The predicted octanol–water partition coefficient (Wildman–Crippen LogP) is 3.36. The van der Waals surface area contributed by atoms with E-state index in [0.717, 1.165) is 57.9 Å². The molecule has 1 aliphatic rings. The highest BCUT2D eigenvalue weighted by Crippen LogP contribution is 2.19. The summed E-state index contributed by atoms with van der Waals surface area (Å²) in [5.41, 5.74) is 5.48. The molecule has 1 unspecified atom stereocenters. The van der Waals surface area contributed by atoms with Gasteiger partial charge in [0.25, 0.3) is 0 Å². The van der Waals surface area contributed by atoms with Gasteiger partial charge in [-0.25, -0.2) is 0 Å². The molecule has 1 heterocycles. The Morgan fingerprint density at radius 1 is 1.00 bits per heavy atom. The van der Waals surface area contributed by atoms with Crippen LogP contribution in [0.1, 0.15) is 90.4 Å². The standard InChI is InChI=1S/C20H39N3O2/c1-2-3-4-5-6-8-14-19(24)23-17-12-9-13-18(23)20(25)22-16-11-7-10-15-21/h18H,2-17,21H2,1H3,(H,22,25). The Kier molecular flexibility index (Phi) is 12.4. The molecule has 1 rings (SSSR count). The smallest absolute Gasteiger partial charge is 0.242 e. The maximum Gasteiger partial charge on any atom is 0.242 e. The van der Waals surface area contributed by atoms with Crippen LogP contribution in [0.2, 0.25) is 0 Å². The van der Waals surface area contributed by atoms with Crippen molar-refractivity contribution in [3.05, 3.63) is 0 Å². The van der Waals surface area contributed by atoms with Crippen molar-refractivity contribution in [2.24, 2.45) is 5.73 Å². The van der Waals surface area contributed by atoms with E-state index in [9.17, 15) is 9.59 Å². The maximum absolute atomic E-state index is 12.5. The Hall–Kier alpha value is -1.10. The molecule has 0 aliphatic carbocycles. The highest BCUT2D eigenvalue weighted by atomic mass is 16.2. The zero-order chi connectivity index (χ0) is 18.3. The largest absolute Gasteiger partial charge is 0.354 e. The van der Waals surface area contributed by atoms with Gasteiger partial charge in [0.15, 0.2) is 0 Å². The molecule has 1 atom stereocenters. The van der Waals surface area contributed by atoms with Crippen LogP contribution >= 0.6 is 0 Å². The van der Waals surface area contributed by atoms with Crippen LogP contribution in [-0.2, 0) is 9.59 Å². The van der Waals surface area contributed by atoms with Gasteiger partial charge >= 0.3 is 0 Å². The number of hydrogen-bond acceptors (Lipinski definition) is 3. The fourth-order valence-corrected chi connectivity index (χ4v) is 3.48. The summed E-state index contributed by atoms with van der Waals surface area (Å²) in [4.78, 5) is 26.9. The summed E-state index contributed by atoms with van der Waals surface area (Å²) in [6, 6.07) is -0.254. The quantitative estimate of drug-likeness (QED) is 0.499. The van der Waals surface area contributed by atoms with E-state index in [1.54, 1.807) is 0 Å². The molecule has 25 heavy (non-hydrogen) atoms. The average Bonchev–Trinajstić information content (AvgIpc) is 2.64. The number of carbonyl (C=O) groups is 2. The third kappa shape index (κ3) is 9.24. The maximum atomic E-state index is 12.5. The molecule has 0 aromatic heterocycles. The molecule has 1 aliphatic heterocycles. The van der Waals surface area contributed by atoms with E-state index in [1.807, 2.05) is 4.90 Å². The molecule has 0 aromatic carbocycles. The van der Waals surface area contributed by atoms with Crippen molar-refractivity contribution in [2.45, 2.75) is 96.4 Å². The third-order valence-corrected chi connectivity index (χ3v) is 5.05. The average molecular weight is 354 g/mol. The summed E-state index contributed by atoms with van der Waals surface area (Å²) >= 11 is 0. The number of carbonyl (C=O) groups excluding carboxylic acids is 2. The van der Waals surface area contributed by atoms with E-state index in [-0.39, 0.29) is 17.9 Å². The highest BCUT2D eigenvalue weighted by Gasteiger charge is 2.31. The molecule has 3 N–H and O–H groups in total. The van der Waals surface area contributed by atoms with Crippen molar-refractivity contribution in [2.75, 3.05) is 19.6 Å². The normalized spacial score (nSPS) is 17.5. The molecule has 0 spiro atoms. The number of piperidine rings is 1. The van der Waals surface area contributed by atoms with Crippen LogP contribution in [0.3, 0.4) is 0 Å². The molecule has 2 amide bonds. The predicted molar refractivity (Wildman–Crippen MR) is 103 cm³/mol. The summed E-state index contributed by atoms with van der Waals surface area (Å²) in [6.07, 6.45) is 13.5. The Balaban J connectivity index is 2.31. The number of likely N-dealkylation sites (tertiary alicyclic amines) is 1. The van der Waals surface area contributed by atoms with Crippen molar-refractivity contribution in [3.8, 4) is 0 Å². The number of nitrogens with zero attached hydrogens (tertiary/aromatic N) is 1. The van der Waals surface area contributed by atoms with E-state index in [0.29, 0.717) is 19.5 Å². The zero-order valence-electron chi connectivity index (χ0n) is 16.2. The van der Waals surface area contributed by atoms with E-state index < -0.39 is 0 Å². The lowest BCUT2D eigenvalue weighted by Gasteiger charge is -2.35. The van der Waals surface area contributed by atoms with Gasteiger partial charge < -0.3 is 16.0 Å². The highest BCUT2D eigenvalue weighted by molar-refractivity contribution is 5.87. The van der Waals surface area contributed by atoms with Crippen molar-refractivity contribution in [1.82, 2.24) is 10.2 Å². The second-order valence-electron chi connectivity index (χ2n) is 7.26. The van der Waals surface area contributed by atoms with E-state index >= 15 is 0 Å². The fraction of sp³-hybridized carbons (Fsp3) is 0.900. The number of nitrogens with two attached hydrogens (primary N) is 1. The van der Waals surface area contributed by atoms with Gasteiger partial charge in [-0.1, -0.05) is 45.4 Å².